The van der Waals surface area contributed by atoms with Crippen LogP contribution in [0, 0.1) is 0 Å². The van der Waals surface area contributed by atoms with E-state index in [4.69, 9.17) is 5.11 Å². The van der Waals surface area contributed by atoms with E-state index in [0.29, 0.717) is 0 Å². The molecular weight excluding hydrogens is 239 g/mol. The first-order valence-corrected chi connectivity index (χ1v) is 5.46. The van der Waals surface area contributed by atoms with Crippen LogP contribution in [0.3, 0.4) is 0 Å². The van der Waals surface area contributed by atoms with Gasteiger partial charge >= 0.3 is 12.1 Å². The van der Waals surface area contributed by atoms with Gasteiger partial charge in [0.2, 0.25) is 10.0 Å². The van der Waals surface area contributed by atoms with Crippen LogP contribution in [0.5, 0.6) is 0 Å². The first-order chi connectivity index (χ1) is 6.58. The molecular formula is C6H10F3NO4S. The fourth-order valence-corrected chi connectivity index (χ4v) is 2.09. The van der Waals surface area contributed by atoms with Crippen molar-refractivity contribution >= 4 is 16.0 Å². The van der Waals surface area contributed by atoms with Gasteiger partial charge in [-0.25, -0.2) is 8.42 Å². The summed E-state index contributed by atoms with van der Waals surface area (Å²) in [4.78, 5) is 10.1. The molecule has 0 aromatic rings. The van der Waals surface area contributed by atoms with Gasteiger partial charge in [0.1, 0.15) is 6.54 Å². The van der Waals surface area contributed by atoms with Gasteiger partial charge in [0.25, 0.3) is 0 Å². The molecule has 0 aliphatic carbocycles. The number of halogens is 3. The van der Waals surface area contributed by atoms with E-state index in [0.717, 1.165) is 0 Å². The van der Waals surface area contributed by atoms with Crippen LogP contribution >= 0.6 is 0 Å². The molecule has 0 heterocycles. The van der Waals surface area contributed by atoms with Crippen LogP contribution in [0.1, 0.15) is 6.92 Å². The first-order valence-electron chi connectivity index (χ1n) is 3.85. The van der Waals surface area contributed by atoms with E-state index in [2.05, 4.69) is 0 Å². The molecule has 1 N–H and O–H groups in total. The van der Waals surface area contributed by atoms with Crippen molar-refractivity contribution in [1.82, 2.24) is 4.31 Å². The Bertz CT molecular complexity index is 324. The molecule has 15 heavy (non-hydrogen) atoms. The van der Waals surface area contributed by atoms with Crippen molar-refractivity contribution in [2.75, 3.05) is 18.8 Å². The first kappa shape index (κ1) is 14.2. The molecule has 0 saturated carbocycles. The van der Waals surface area contributed by atoms with Crippen LogP contribution in [0.4, 0.5) is 13.2 Å². The van der Waals surface area contributed by atoms with Gasteiger partial charge in [-0.05, 0) is 0 Å². The van der Waals surface area contributed by atoms with Crippen LogP contribution in [0.2, 0.25) is 0 Å². The molecule has 0 fully saturated rings. The topological polar surface area (TPSA) is 74.7 Å². The number of rotatable bonds is 5. The van der Waals surface area contributed by atoms with Crippen molar-refractivity contribution in [3.8, 4) is 0 Å². The molecule has 5 nitrogen and oxygen atoms in total. The Kier molecular flexibility index (Phi) is 4.53. The van der Waals surface area contributed by atoms with Crippen LogP contribution in [0.25, 0.3) is 0 Å². The standard InChI is InChI=1S/C6H10F3NO4S/c1-2-10(4-6(7,8)9)15(13,14)3-5(11)12/h2-4H2,1H3,(H,11,12). The Morgan fingerprint density at radius 3 is 2.13 bits per heavy atom. The van der Waals surface area contributed by atoms with Gasteiger partial charge in [0.05, 0.1) is 0 Å². The number of hydrogen-bond donors (Lipinski definition) is 1. The third-order valence-corrected chi connectivity index (χ3v) is 3.19. The zero-order valence-corrected chi connectivity index (χ0v) is 8.60. The number of hydrogen-bond acceptors (Lipinski definition) is 3. The lowest BCUT2D eigenvalue weighted by Gasteiger charge is -2.20. The van der Waals surface area contributed by atoms with Gasteiger partial charge in [0, 0.05) is 6.54 Å². The second kappa shape index (κ2) is 4.79. The van der Waals surface area contributed by atoms with Gasteiger partial charge in [-0.3, -0.25) is 4.79 Å². The summed E-state index contributed by atoms with van der Waals surface area (Å²) >= 11 is 0. The lowest BCUT2D eigenvalue weighted by Crippen LogP contribution is -2.41. The van der Waals surface area contributed by atoms with Gasteiger partial charge in [-0.15, -0.1) is 0 Å². The van der Waals surface area contributed by atoms with Crippen molar-refractivity contribution in [3.05, 3.63) is 0 Å². The number of carboxylic acid groups (broad SMARTS) is 1. The Morgan fingerprint density at radius 1 is 1.40 bits per heavy atom. The number of sulfonamides is 1. The molecule has 0 aliphatic heterocycles. The van der Waals surface area contributed by atoms with E-state index in [1.807, 2.05) is 0 Å². The summed E-state index contributed by atoms with van der Waals surface area (Å²) < 4.78 is 58.0. The highest BCUT2D eigenvalue weighted by Crippen LogP contribution is 2.18. The van der Waals surface area contributed by atoms with Gasteiger partial charge in [-0.1, -0.05) is 6.92 Å². The lowest BCUT2D eigenvalue weighted by molar-refractivity contribution is -0.137. The number of nitrogens with zero attached hydrogens (tertiary/aromatic N) is 1. The molecule has 0 radical (unpaired) electrons. The van der Waals surface area contributed by atoms with E-state index in [1.165, 1.54) is 6.92 Å². The normalized spacial score (nSPS) is 13.1. The van der Waals surface area contributed by atoms with Crippen molar-refractivity contribution in [2.24, 2.45) is 0 Å². The third-order valence-electron chi connectivity index (χ3n) is 1.41. The summed E-state index contributed by atoms with van der Waals surface area (Å²) in [5, 5.41) is 8.20. The molecule has 0 unspecified atom stereocenters. The molecule has 0 saturated heterocycles. The number of aliphatic carboxylic acids is 1. The zero-order chi connectivity index (χ0) is 12.3. The molecule has 0 atom stereocenters. The van der Waals surface area contributed by atoms with E-state index in [-0.39, 0.29) is 4.31 Å². The van der Waals surface area contributed by atoms with Crippen LogP contribution in [-0.2, 0) is 14.8 Å². The Balaban J connectivity index is 4.74. The maximum absolute atomic E-state index is 11.9. The summed E-state index contributed by atoms with van der Waals surface area (Å²) in [7, 11) is -4.39. The second-order valence-electron chi connectivity index (χ2n) is 2.69. The van der Waals surface area contributed by atoms with Gasteiger partial charge in [0.15, 0.2) is 5.75 Å². The average Bonchev–Trinajstić information content (AvgIpc) is 1.95. The van der Waals surface area contributed by atoms with E-state index in [9.17, 15) is 26.4 Å². The Morgan fingerprint density at radius 2 is 1.87 bits per heavy atom. The van der Waals surface area contributed by atoms with Crippen molar-refractivity contribution in [1.29, 1.82) is 0 Å². The summed E-state index contributed by atoms with van der Waals surface area (Å²) in [6.07, 6.45) is -4.68. The summed E-state index contributed by atoms with van der Waals surface area (Å²) in [5.74, 6) is -3.02. The monoisotopic (exact) mass is 249 g/mol. The maximum Gasteiger partial charge on any atom is 0.402 e. The maximum atomic E-state index is 11.9. The largest absolute Gasteiger partial charge is 0.480 e. The van der Waals surface area contributed by atoms with Crippen molar-refractivity contribution < 1.29 is 31.5 Å². The van der Waals surface area contributed by atoms with Crippen LogP contribution < -0.4 is 0 Å². The van der Waals surface area contributed by atoms with Crippen molar-refractivity contribution in [2.45, 2.75) is 13.1 Å². The molecule has 9 heteroatoms. The minimum atomic E-state index is -4.68. The minimum absolute atomic E-state index is 0.0844. The van der Waals surface area contributed by atoms with Gasteiger partial charge in [-0.2, -0.15) is 17.5 Å². The van der Waals surface area contributed by atoms with Gasteiger partial charge < -0.3 is 5.11 Å². The highest BCUT2D eigenvalue weighted by Gasteiger charge is 2.36. The van der Waals surface area contributed by atoms with Crippen LogP contribution in [-0.4, -0.2) is 48.8 Å². The quantitative estimate of drug-likeness (QED) is 0.759. The van der Waals surface area contributed by atoms with Crippen molar-refractivity contribution in [3.63, 3.8) is 0 Å². The molecule has 0 spiro atoms. The number of carbonyl (C=O) groups is 1. The molecule has 90 valence electrons. The molecule has 0 aromatic carbocycles. The van der Waals surface area contributed by atoms with E-state index in [1.54, 1.807) is 0 Å². The number of carboxylic acids is 1. The summed E-state index contributed by atoms with van der Waals surface area (Å²) in [5.41, 5.74) is 0. The third kappa shape index (κ3) is 5.57. The minimum Gasteiger partial charge on any atom is -0.480 e. The Labute approximate surface area is 84.5 Å². The molecule has 0 aliphatic rings. The highest BCUT2D eigenvalue weighted by atomic mass is 32.2. The number of alkyl halides is 3. The second-order valence-corrected chi connectivity index (χ2v) is 4.66. The van der Waals surface area contributed by atoms with E-state index < -0.39 is 41.0 Å². The summed E-state index contributed by atoms with van der Waals surface area (Å²) in [6.45, 7) is -0.890. The highest BCUT2D eigenvalue weighted by molar-refractivity contribution is 7.89. The predicted molar refractivity (Wildman–Crippen MR) is 44.7 cm³/mol. The molecule has 0 bridgehead atoms. The zero-order valence-electron chi connectivity index (χ0n) is 7.78. The van der Waals surface area contributed by atoms with Crippen LogP contribution in [0.15, 0.2) is 0 Å². The smallest absolute Gasteiger partial charge is 0.402 e. The average molecular weight is 249 g/mol. The molecule has 0 rings (SSSR count). The SMILES string of the molecule is CCN(CC(F)(F)F)S(=O)(=O)CC(=O)O. The molecule has 0 amide bonds. The van der Waals surface area contributed by atoms with E-state index >= 15 is 0 Å². The Hall–Kier alpha value is -0.830. The predicted octanol–water partition coefficient (Wildman–Crippen LogP) is 0.285. The summed E-state index contributed by atoms with van der Waals surface area (Å²) in [6, 6.07) is 0. The fourth-order valence-electron chi connectivity index (χ4n) is 0.854. The fraction of sp³-hybridized carbons (Fsp3) is 0.833. The lowest BCUT2D eigenvalue weighted by atomic mass is 10.6. The molecule has 0 aromatic heterocycles.